The van der Waals surface area contributed by atoms with Crippen molar-refractivity contribution in [2.24, 2.45) is 0 Å². The van der Waals surface area contributed by atoms with Gasteiger partial charge < -0.3 is 10.6 Å². The van der Waals surface area contributed by atoms with E-state index in [-0.39, 0.29) is 5.91 Å². The van der Waals surface area contributed by atoms with Crippen molar-refractivity contribution in [2.45, 2.75) is 0 Å². The van der Waals surface area contributed by atoms with E-state index < -0.39 is 0 Å². The third-order valence-corrected chi connectivity index (χ3v) is 3.25. The highest BCUT2D eigenvalue weighted by Crippen LogP contribution is 2.23. The Morgan fingerprint density at radius 1 is 1.14 bits per heavy atom. The number of nitrogens with one attached hydrogen (secondary N) is 2. The van der Waals surface area contributed by atoms with Gasteiger partial charge in [0.1, 0.15) is 5.82 Å². The maximum atomic E-state index is 12.0. The van der Waals surface area contributed by atoms with E-state index in [9.17, 15) is 4.79 Å². The predicted octanol–water partition coefficient (Wildman–Crippen LogP) is 3.63. The Morgan fingerprint density at radius 2 is 1.86 bits per heavy atom. The number of amides is 1. The van der Waals surface area contributed by atoms with Gasteiger partial charge in [-0.1, -0.05) is 29.3 Å². The summed E-state index contributed by atoms with van der Waals surface area (Å²) < 4.78 is 0. The van der Waals surface area contributed by atoms with E-state index in [2.05, 4.69) is 27.4 Å². The maximum Gasteiger partial charge on any atom is 0.256 e. The van der Waals surface area contributed by atoms with Crippen molar-refractivity contribution in [3.05, 3.63) is 58.6 Å². The summed E-state index contributed by atoms with van der Waals surface area (Å²) in [6.07, 6.45) is 1.71. The van der Waals surface area contributed by atoms with Gasteiger partial charge in [0.2, 0.25) is 0 Å². The molecule has 108 valence electrons. The summed E-state index contributed by atoms with van der Waals surface area (Å²) in [5, 5.41) is 14.1. The fourth-order valence-corrected chi connectivity index (χ4v) is 1.79. The number of anilines is 2. The topological polar surface area (TPSA) is 66.9 Å². The van der Waals surface area contributed by atoms with Crippen LogP contribution in [0.2, 0.25) is 10.0 Å². The third kappa shape index (κ3) is 4.18. The largest absolute Gasteiger partial charge is 0.365 e. The summed E-state index contributed by atoms with van der Waals surface area (Å²) in [5.74, 6) is 0.604. The first-order valence-corrected chi connectivity index (χ1v) is 6.80. The van der Waals surface area contributed by atoms with Crippen molar-refractivity contribution in [1.82, 2.24) is 10.2 Å². The molecule has 0 unspecified atom stereocenters. The Hall–Kier alpha value is -2.11. The average molecular weight is 323 g/mol. The number of nitrogens with zero attached hydrogens (tertiary/aromatic N) is 2. The van der Waals surface area contributed by atoms with Crippen molar-refractivity contribution < 1.29 is 4.79 Å². The molecule has 0 radical (unpaired) electrons. The van der Waals surface area contributed by atoms with E-state index in [1.54, 1.807) is 30.3 Å². The molecule has 0 aliphatic rings. The number of benzene rings is 1. The smallest absolute Gasteiger partial charge is 0.256 e. The molecular weight excluding hydrogens is 311 g/mol. The van der Waals surface area contributed by atoms with Crippen molar-refractivity contribution >= 4 is 40.7 Å². The molecule has 5 nitrogen and oxygen atoms in total. The molecule has 0 atom stereocenters. The fourth-order valence-electron chi connectivity index (χ4n) is 1.50. The lowest BCUT2D eigenvalue weighted by Crippen LogP contribution is -2.13. The molecule has 1 aromatic heterocycles. The van der Waals surface area contributed by atoms with Gasteiger partial charge in [-0.3, -0.25) is 4.79 Å². The van der Waals surface area contributed by atoms with Crippen LogP contribution >= 0.6 is 23.2 Å². The molecule has 0 aliphatic heterocycles. The van der Waals surface area contributed by atoms with Crippen molar-refractivity contribution in [1.29, 1.82) is 0 Å². The Balaban J connectivity index is 2.05. The number of carbonyl (C=O) groups is 1. The highest BCUT2D eigenvalue weighted by molar-refractivity contribution is 6.42. The second-order valence-electron chi connectivity index (χ2n) is 4.06. The van der Waals surface area contributed by atoms with Gasteiger partial charge in [-0.05, 0) is 30.3 Å². The van der Waals surface area contributed by atoms with E-state index in [1.807, 2.05) is 0 Å². The number of halogens is 2. The van der Waals surface area contributed by atoms with Crippen molar-refractivity contribution in [2.75, 3.05) is 17.2 Å². The molecule has 2 rings (SSSR count). The van der Waals surface area contributed by atoms with Crippen molar-refractivity contribution in [3.63, 3.8) is 0 Å². The van der Waals surface area contributed by atoms with E-state index in [1.165, 1.54) is 6.07 Å². The molecule has 0 aliphatic carbocycles. The number of rotatable bonds is 5. The molecule has 1 amide bonds. The first kappa shape index (κ1) is 15.3. The zero-order valence-corrected chi connectivity index (χ0v) is 12.4. The summed E-state index contributed by atoms with van der Waals surface area (Å²) >= 11 is 11.7. The standard InChI is InChI=1S/C14H12Cl2N4O/c1-2-7-17-12-5-6-13(20-19-12)18-14(21)9-3-4-10(15)11(16)8-9/h2-6,8H,1,7H2,(H,17,19)(H,18,20,21). The molecule has 2 N–H and O–H groups in total. The SMILES string of the molecule is C=CCNc1ccc(NC(=O)c2ccc(Cl)c(Cl)c2)nn1. The molecule has 1 heterocycles. The van der Waals surface area contributed by atoms with Gasteiger partial charge in [0.15, 0.2) is 5.82 Å². The Morgan fingerprint density at radius 3 is 2.48 bits per heavy atom. The minimum atomic E-state index is -0.338. The second-order valence-corrected chi connectivity index (χ2v) is 4.87. The molecule has 0 saturated carbocycles. The van der Waals surface area contributed by atoms with Crippen LogP contribution < -0.4 is 10.6 Å². The summed E-state index contributed by atoms with van der Waals surface area (Å²) in [6, 6.07) is 7.99. The minimum Gasteiger partial charge on any atom is -0.365 e. The molecule has 0 saturated heterocycles. The van der Waals surface area contributed by atoms with Gasteiger partial charge in [-0.15, -0.1) is 16.8 Å². The Kier molecular flexibility index (Phi) is 5.14. The minimum absolute atomic E-state index is 0.319. The number of carbonyl (C=O) groups excluding carboxylic acids is 1. The van der Waals surface area contributed by atoms with Crippen LogP contribution in [0.1, 0.15) is 10.4 Å². The summed E-state index contributed by atoms with van der Waals surface area (Å²) in [6.45, 7) is 4.18. The quantitative estimate of drug-likeness (QED) is 0.825. The lowest BCUT2D eigenvalue weighted by atomic mass is 10.2. The van der Waals surface area contributed by atoms with Crippen LogP contribution in [0.3, 0.4) is 0 Å². The molecule has 0 spiro atoms. The van der Waals surface area contributed by atoms with Gasteiger partial charge in [0.05, 0.1) is 10.0 Å². The maximum absolute atomic E-state index is 12.0. The van der Waals surface area contributed by atoms with E-state index in [0.717, 1.165) is 0 Å². The summed E-state index contributed by atoms with van der Waals surface area (Å²) in [5.41, 5.74) is 0.389. The molecule has 0 bridgehead atoms. The molecule has 7 heteroatoms. The monoisotopic (exact) mass is 322 g/mol. The van der Waals surface area contributed by atoms with Crippen LogP contribution in [0.5, 0.6) is 0 Å². The van der Waals surface area contributed by atoms with Gasteiger partial charge in [0.25, 0.3) is 5.91 Å². The molecule has 2 aromatic rings. The highest BCUT2D eigenvalue weighted by Gasteiger charge is 2.09. The summed E-state index contributed by atoms with van der Waals surface area (Å²) in [7, 11) is 0. The van der Waals surface area contributed by atoms with Gasteiger partial charge >= 0.3 is 0 Å². The molecule has 0 fully saturated rings. The third-order valence-electron chi connectivity index (χ3n) is 2.52. The van der Waals surface area contributed by atoms with Crippen molar-refractivity contribution in [3.8, 4) is 0 Å². The fraction of sp³-hybridized carbons (Fsp3) is 0.0714. The Labute approximate surface area is 132 Å². The zero-order valence-electron chi connectivity index (χ0n) is 10.9. The first-order chi connectivity index (χ1) is 10.1. The molecule has 1 aromatic carbocycles. The highest BCUT2D eigenvalue weighted by atomic mass is 35.5. The van der Waals surface area contributed by atoms with Crippen LogP contribution in [0.4, 0.5) is 11.6 Å². The predicted molar refractivity (Wildman–Crippen MR) is 85.1 cm³/mol. The van der Waals surface area contributed by atoms with Gasteiger partial charge in [0, 0.05) is 12.1 Å². The first-order valence-electron chi connectivity index (χ1n) is 6.05. The Bertz CT molecular complexity index is 659. The lowest BCUT2D eigenvalue weighted by molar-refractivity contribution is 0.102. The zero-order chi connectivity index (χ0) is 15.2. The van der Waals surface area contributed by atoms with Crippen LogP contribution in [0.15, 0.2) is 43.0 Å². The number of hydrogen-bond acceptors (Lipinski definition) is 4. The molecule has 21 heavy (non-hydrogen) atoms. The lowest BCUT2D eigenvalue weighted by Gasteiger charge is -2.06. The second kappa shape index (κ2) is 7.06. The van der Waals surface area contributed by atoms with E-state index in [0.29, 0.717) is 33.8 Å². The van der Waals surface area contributed by atoms with Crippen LogP contribution in [-0.4, -0.2) is 22.6 Å². The van der Waals surface area contributed by atoms with E-state index >= 15 is 0 Å². The van der Waals surface area contributed by atoms with Crippen LogP contribution in [0.25, 0.3) is 0 Å². The van der Waals surface area contributed by atoms with Gasteiger partial charge in [-0.2, -0.15) is 0 Å². The van der Waals surface area contributed by atoms with Gasteiger partial charge in [-0.25, -0.2) is 0 Å². The summed E-state index contributed by atoms with van der Waals surface area (Å²) in [4.78, 5) is 12.0. The number of hydrogen-bond donors (Lipinski definition) is 2. The van der Waals surface area contributed by atoms with Crippen LogP contribution in [0, 0.1) is 0 Å². The van der Waals surface area contributed by atoms with E-state index in [4.69, 9.17) is 23.2 Å². The van der Waals surface area contributed by atoms with Crippen LogP contribution in [-0.2, 0) is 0 Å². The number of aromatic nitrogens is 2. The average Bonchev–Trinajstić information content (AvgIpc) is 2.49. The normalized spacial score (nSPS) is 10.0. The molecular formula is C14H12Cl2N4O.